The summed E-state index contributed by atoms with van der Waals surface area (Å²) in [5.41, 5.74) is 1.38. The second kappa shape index (κ2) is 13.6. The molecule has 0 spiro atoms. The Balaban J connectivity index is 1.29. The number of nitrogens with one attached hydrogen (secondary N) is 1. The molecule has 280 valence electrons. The summed E-state index contributed by atoms with van der Waals surface area (Å²) in [5, 5.41) is 7.89. The van der Waals surface area contributed by atoms with Crippen molar-refractivity contribution in [3.63, 3.8) is 0 Å². The van der Waals surface area contributed by atoms with E-state index in [0.29, 0.717) is 29.8 Å². The average Bonchev–Trinajstić information content (AvgIpc) is 3.36. The number of hydrogen-bond acceptors (Lipinski definition) is 8. The summed E-state index contributed by atoms with van der Waals surface area (Å²) in [6, 6.07) is 5.92. The summed E-state index contributed by atoms with van der Waals surface area (Å²) < 4.78 is 48.5. The number of ether oxygens (including phenoxy) is 1. The number of halogens is 3. The molecule has 1 aliphatic carbocycles. The number of hydrogen-bond donors (Lipinski definition) is 1. The number of carbonyl (C=O) groups is 3. The van der Waals surface area contributed by atoms with E-state index in [4.69, 9.17) is 9.84 Å². The van der Waals surface area contributed by atoms with Crippen molar-refractivity contribution >= 4 is 34.3 Å². The molecule has 0 radical (unpaired) electrons. The lowest BCUT2D eigenvalue weighted by Gasteiger charge is -2.29. The normalized spacial score (nSPS) is 24.8. The number of piperidine rings is 1. The van der Waals surface area contributed by atoms with Crippen LogP contribution in [0.2, 0.25) is 0 Å². The fraction of sp³-hybridized carbons (Fsp3) is 0.513. The number of aryl methyl sites for hydroxylation is 2. The number of rotatable bonds is 4. The van der Waals surface area contributed by atoms with Crippen LogP contribution in [0.25, 0.3) is 22.0 Å². The number of Topliss-reactive ketones (excluding diaryl/α,β-unsaturated/α-hetero) is 1. The fourth-order valence-electron chi connectivity index (χ4n) is 8.35. The van der Waals surface area contributed by atoms with Crippen LogP contribution < -0.4 is 5.32 Å². The molecule has 1 saturated carbocycles. The fourth-order valence-corrected chi connectivity index (χ4v) is 8.35. The number of aromatic nitrogens is 5. The van der Waals surface area contributed by atoms with Gasteiger partial charge in [0.05, 0.1) is 17.7 Å². The smallest absolute Gasteiger partial charge is 0.375 e. The number of anilines is 1. The maximum absolute atomic E-state index is 14.6. The molecule has 1 N–H and O–H groups in total. The predicted molar refractivity (Wildman–Crippen MR) is 191 cm³/mol. The van der Waals surface area contributed by atoms with Gasteiger partial charge in [0.15, 0.2) is 5.78 Å². The third-order valence-electron chi connectivity index (χ3n) is 11.3. The van der Waals surface area contributed by atoms with Gasteiger partial charge in [-0.05, 0) is 87.8 Å². The van der Waals surface area contributed by atoms with Crippen LogP contribution in [0.5, 0.6) is 0 Å². The van der Waals surface area contributed by atoms with Crippen LogP contribution >= 0.6 is 0 Å². The van der Waals surface area contributed by atoms with Crippen molar-refractivity contribution in [3.8, 4) is 11.1 Å². The number of pyridine rings is 1. The average molecular weight is 732 g/mol. The predicted octanol–water partition coefficient (Wildman–Crippen LogP) is 6.96. The van der Waals surface area contributed by atoms with Gasteiger partial charge in [0.1, 0.15) is 35.6 Å². The van der Waals surface area contributed by atoms with Crippen molar-refractivity contribution in [1.29, 1.82) is 0 Å². The summed E-state index contributed by atoms with van der Waals surface area (Å²) in [5.74, 6) is -0.879. The molecule has 7 rings (SSSR count). The van der Waals surface area contributed by atoms with Crippen molar-refractivity contribution in [1.82, 2.24) is 29.6 Å². The molecular formula is C39H44F3N7O4. The summed E-state index contributed by atoms with van der Waals surface area (Å²) in [4.78, 5) is 55.6. The lowest BCUT2D eigenvalue weighted by molar-refractivity contribution is -0.141. The second-order valence-electron chi connectivity index (χ2n) is 15.5. The molecule has 53 heavy (non-hydrogen) atoms. The molecule has 2 aliphatic heterocycles. The molecule has 2 bridgehead atoms. The molecule has 2 amide bonds. The largest absolute Gasteiger partial charge is 0.433 e. The van der Waals surface area contributed by atoms with E-state index in [-0.39, 0.29) is 48.1 Å². The van der Waals surface area contributed by atoms with E-state index >= 15 is 0 Å². The maximum Gasteiger partial charge on any atom is 0.433 e. The van der Waals surface area contributed by atoms with Crippen LogP contribution in [0.15, 0.2) is 42.7 Å². The lowest BCUT2D eigenvalue weighted by atomic mass is 9.94. The number of carbonyl (C=O) groups excluding carboxylic acids is 3. The van der Waals surface area contributed by atoms with Gasteiger partial charge in [-0.2, -0.15) is 18.3 Å². The molecule has 4 aromatic rings. The molecule has 1 saturated heterocycles. The minimum Gasteiger partial charge on any atom is -0.375 e. The summed E-state index contributed by atoms with van der Waals surface area (Å²) in [6.45, 7) is 9.49. The summed E-state index contributed by atoms with van der Waals surface area (Å²) in [6.07, 6.45) is 4.40. The molecule has 2 fully saturated rings. The molecular weight excluding hydrogens is 687 g/mol. The molecule has 14 heteroatoms. The molecule has 0 unspecified atom stereocenters. The quantitative estimate of drug-likeness (QED) is 0.223. The van der Waals surface area contributed by atoms with Gasteiger partial charge in [0.2, 0.25) is 11.8 Å². The zero-order valence-electron chi connectivity index (χ0n) is 30.6. The number of ketones is 1. The van der Waals surface area contributed by atoms with Gasteiger partial charge in [-0.1, -0.05) is 32.3 Å². The second-order valence-corrected chi connectivity index (χ2v) is 15.5. The molecule has 1 aromatic carbocycles. The van der Waals surface area contributed by atoms with Crippen LogP contribution in [0.3, 0.4) is 0 Å². The lowest BCUT2D eigenvalue weighted by Crippen LogP contribution is -2.47. The van der Waals surface area contributed by atoms with Gasteiger partial charge in [0, 0.05) is 41.7 Å². The highest BCUT2D eigenvalue weighted by Gasteiger charge is 2.73. The van der Waals surface area contributed by atoms with Crippen molar-refractivity contribution in [2.24, 2.45) is 11.3 Å². The summed E-state index contributed by atoms with van der Waals surface area (Å²) in [7, 11) is 0. The first kappa shape index (κ1) is 36.6. The van der Waals surface area contributed by atoms with Crippen LogP contribution in [-0.4, -0.2) is 71.5 Å². The van der Waals surface area contributed by atoms with Crippen molar-refractivity contribution in [2.45, 2.75) is 110 Å². The zero-order valence-corrected chi connectivity index (χ0v) is 30.6. The Hall–Kier alpha value is -4.72. The van der Waals surface area contributed by atoms with Crippen LogP contribution in [0.1, 0.15) is 93.8 Å². The highest BCUT2D eigenvalue weighted by molar-refractivity contribution is 6.07. The van der Waals surface area contributed by atoms with Crippen LogP contribution in [-0.2, 0) is 33.5 Å². The Morgan fingerprint density at radius 2 is 1.77 bits per heavy atom. The Labute approximate surface area is 305 Å². The monoisotopic (exact) mass is 731 g/mol. The zero-order chi connectivity index (χ0) is 37.9. The minimum atomic E-state index is -4.69. The van der Waals surface area contributed by atoms with Gasteiger partial charge < -0.3 is 15.0 Å². The van der Waals surface area contributed by atoms with E-state index in [0.717, 1.165) is 54.9 Å². The number of nitrogens with zero attached hydrogens (tertiary/aromatic N) is 6. The highest BCUT2D eigenvalue weighted by atomic mass is 19.4. The van der Waals surface area contributed by atoms with Gasteiger partial charge in [-0.25, -0.2) is 15.0 Å². The first-order valence-electron chi connectivity index (χ1n) is 18.2. The van der Waals surface area contributed by atoms with E-state index in [1.165, 1.54) is 19.1 Å². The Kier molecular flexibility index (Phi) is 9.40. The van der Waals surface area contributed by atoms with Crippen LogP contribution in [0, 0.1) is 18.3 Å². The van der Waals surface area contributed by atoms with Gasteiger partial charge >= 0.3 is 6.18 Å². The van der Waals surface area contributed by atoms with Gasteiger partial charge in [-0.3, -0.25) is 19.1 Å². The Bertz CT molecular complexity index is 2080. The highest BCUT2D eigenvalue weighted by Crippen LogP contribution is 2.64. The number of alkyl halides is 3. The molecule has 4 atom stereocenters. The van der Waals surface area contributed by atoms with Gasteiger partial charge in [-0.15, -0.1) is 0 Å². The van der Waals surface area contributed by atoms with E-state index in [2.05, 4.69) is 40.2 Å². The number of benzene rings is 1. The molecule has 11 nitrogen and oxygen atoms in total. The van der Waals surface area contributed by atoms with Crippen molar-refractivity contribution < 1.29 is 32.3 Å². The van der Waals surface area contributed by atoms with Gasteiger partial charge in [0.25, 0.3) is 0 Å². The first-order chi connectivity index (χ1) is 25.1. The summed E-state index contributed by atoms with van der Waals surface area (Å²) >= 11 is 0. The number of amides is 2. The SMILES string of the molecule is CC(=O)c1nn2c3c(cc(-c4cnc(C)nc4)cc13)CCCCCCC(C)(C)OC[C@@]13C[C@@H](C(=O)Nc4cccc(C(F)(F)F)n4)N(C(=O)C2)[C@@H]1[C@@H]3C. The van der Waals surface area contributed by atoms with Crippen molar-refractivity contribution in [2.75, 3.05) is 11.9 Å². The Morgan fingerprint density at radius 3 is 2.49 bits per heavy atom. The topological polar surface area (TPSA) is 132 Å². The van der Waals surface area contributed by atoms with E-state index in [1.54, 1.807) is 22.0 Å². The standard InChI is InChI=1S/C39H44F3N7O4/c1-22-35-38(22)17-29(36(52)46-31-13-10-12-30(45-31)39(40,41)42)49(35)32(51)20-48-34-25(11-8-6-7-9-14-37(4,5)53-21-38)15-26(27-18-43-24(3)44-19-27)16-28(34)33(47-48)23(2)50/h10,12-13,15-16,18-19,22,29,35H,6-9,11,14,17,20-21H2,1-5H3,(H,45,46,52)/t22-,29-,35+,38+/m0/s1. The molecule has 5 heterocycles. The van der Waals surface area contributed by atoms with Crippen LogP contribution in [0.4, 0.5) is 19.0 Å². The Morgan fingerprint density at radius 1 is 1.04 bits per heavy atom. The maximum atomic E-state index is 14.6. The minimum absolute atomic E-state index is 0.00820. The van der Waals surface area contributed by atoms with E-state index in [9.17, 15) is 27.6 Å². The third kappa shape index (κ3) is 7.05. The van der Waals surface area contributed by atoms with Crippen molar-refractivity contribution in [3.05, 3.63) is 65.5 Å². The van der Waals surface area contributed by atoms with E-state index in [1.807, 2.05) is 19.9 Å². The molecule has 3 aliphatic rings. The third-order valence-corrected chi connectivity index (χ3v) is 11.3. The molecule has 3 aromatic heterocycles. The first-order valence-corrected chi connectivity index (χ1v) is 18.2. The van der Waals surface area contributed by atoms with E-state index < -0.39 is 34.8 Å².